The van der Waals surface area contributed by atoms with Gasteiger partial charge in [-0.2, -0.15) is 8.42 Å². The van der Waals surface area contributed by atoms with Crippen LogP contribution in [-0.4, -0.2) is 14.5 Å². The predicted octanol–water partition coefficient (Wildman–Crippen LogP) is 3.77. The molecular weight excluding hydrogens is 260 g/mol. The number of benzene rings is 1. The first kappa shape index (κ1) is 16.2. The second kappa shape index (κ2) is 6.53. The first-order chi connectivity index (χ1) is 8.72. The molecule has 1 aromatic rings. The van der Waals surface area contributed by atoms with Crippen LogP contribution in [0.2, 0.25) is 0 Å². The normalized spacial score (nSPS) is 14.1. The van der Waals surface area contributed by atoms with Crippen molar-refractivity contribution in [1.29, 1.82) is 0 Å². The van der Waals surface area contributed by atoms with Crippen molar-refractivity contribution >= 4 is 10.1 Å². The molecule has 0 saturated heterocycles. The summed E-state index contributed by atoms with van der Waals surface area (Å²) in [6, 6.07) is 6.75. The zero-order valence-corrected chi connectivity index (χ0v) is 13.2. The largest absolute Gasteiger partial charge is 0.297 e. The molecule has 0 saturated carbocycles. The van der Waals surface area contributed by atoms with E-state index in [-0.39, 0.29) is 16.9 Å². The van der Waals surface area contributed by atoms with Crippen LogP contribution in [0.25, 0.3) is 0 Å². The molecule has 0 aliphatic rings. The zero-order chi connectivity index (χ0) is 14.6. The lowest BCUT2D eigenvalue weighted by molar-refractivity contribution is 0.135. The monoisotopic (exact) mass is 284 g/mol. The van der Waals surface area contributed by atoms with Crippen molar-refractivity contribution in [2.24, 2.45) is 11.8 Å². The van der Waals surface area contributed by atoms with E-state index in [1.807, 2.05) is 20.8 Å². The molecule has 0 radical (unpaired) electrons. The number of hydrogen-bond donors (Lipinski definition) is 0. The van der Waals surface area contributed by atoms with Crippen LogP contribution in [0.4, 0.5) is 0 Å². The molecule has 0 fully saturated rings. The fraction of sp³-hybridized carbons (Fsp3) is 0.600. The summed E-state index contributed by atoms with van der Waals surface area (Å²) in [7, 11) is -3.67. The second-order valence-corrected chi connectivity index (χ2v) is 7.35. The van der Waals surface area contributed by atoms with E-state index >= 15 is 0 Å². The van der Waals surface area contributed by atoms with Gasteiger partial charge in [0, 0.05) is 0 Å². The molecule has 108 valence electrons. The average Bonchev–Trinajstić information content (AvgIpc) is 2.27. The van der Waals surface area contributed by atoms with Crippen LogP contribution in [0.3, 0.4) is 0 Å². The molecule has 1 aromatic carbocycles. The van der Waals surface area contributed by atoms with Gasteiger partial charge in [-0.3, -0.25) is 4.18 Å². The third kappa shape index (κ3) is 4.96. The van der Waals surface area contributed by atoms with Crippen molar-refractivity contribution < 1.29 is 12.6 Å². The Balaban J connectivity index is 2.90. The van der Waals surface area contributed by atoms with Gasteiger partial charge in [0.1, 0.15) is 0 Å². The third-order valence-corrected chi connectivity index (χ3v) is 4.36. The molecule has 0 bridgehead atoms. The van der Waals surface area contributed by atoms with Gasteiger partial charge in [-0.05, 0) is 37.3 Å². The Morgan fingerprint density at radius 1 is 1.05 bits per heavy atom. The maximum Gasteiger partial charge on any atom is 0.297 e. The molecular formula is C15H24O3S. The molecule has 4 heteroatoms. The second-order valence-electron chi connectivity index (χ2n) is 5.78. The van der Waals surface area contributed by atoms with Crippen LogP contribution in [-0.2, 0) is 14.3 Å². The van der Waals surface area contributed by atoms with E-state index in [1.54, 1.807) is 24.3 Å². The van der Waals surface area contributed by atoms with Gasteiger partial charge in [-0.15, -0.1) is 0 Å². The molecule has 0 aliphatic heterocycles. The zero-order valence-electron chi connectivity index (χ0n) is 12.4. The number of hydrogen-bond acceptors (Lipinski definition) is 3. The Kier molecular flexibility index (Phi) is 5.56. The van der Waals surface area contributed by atoms with Crippen molar-refractivity contribution in [1.82, 2.24) is 0 Å². The van der Waals surface area contributed by atoms with Gasteiger partial charge in [0.05, 0.1) is 11.0 Å². The highest BCUT2D eigenvalue weighted by molar-refractivity contribution is 7.86. The van der Waals surface area contributed by atoms with E-state index in [4.69, 9.17) is 4.18 Å². The lowest BCUT2D eigenvalue weighted by Crippen LogP contribution is -2.25. The molecule has 0 amide bonds. The SMILES string of the molecule is Cc1ccc(S(=O)(=O)OC(CC(C)C)C(C)C)cc1. The highest BCUT2D eigenvalue weighted by Crippen LogP contribution is 2.22. The van der Waals surface area contributed by atoms with E-state index in [0.717, 1.165) is 12.0 Å². The molecule has 0 N–H and O–H groups in total. The Bertz CT molecular complexity index is 487. The fourth-order valence-electron chi connectivity index (χ4n) is 1.81. The highest BCUT2D eigenvalue weighted by Gasteiger charge is 2.24. The van der Waals surface area contributed by atoms with Crippen LogP contribution in [0.15, 0.2) is 29.2 Å². The lowest BCUT2D eigenvalue weighted by atomic mass is 9.98. The minimum atomic E-state index is -3.67. The quantitative estimate of drug-likeness (QED) is 0.747. The van der Waals surface area contributed by atoms with Crippen LogP contribution in [0.5, 0.6) is 0 Å². The number of rotatable bonds is 6. The van der Waals surface area contributed by atoms with Crippen LogP contribution in [0.1, 0.15) is 39.7 Å². The Morgan fingerprint density at radius 2 is 1.58 bits per heavy atom. The van der Waals surface area contributed by atoms with E-state index in [1.165, 1.54) is 0 Å². The van der Waals surface area contributed by atoms with Gasteiger partial charge in [0.25, 0.3) is 10.1 Å². The maximum atomic E-state index is 12.2. The summed E-state index contributed by atoms with van der Waals surface area (Å²) >= 11 is 0. The lowest BCUT2D eigenvalue weighted by Gasteiger charge is -2.22. The topological polar surface area (TPSA) is 43.4 Å². The average molecular weight is 284 g/mol. The first-order valence-electron chi connectivity index (χ1n) is 6.72. The smallest absolute Gasteiger partial charge is 0.263 e. The van der Waals surface area contributed by atoms with Crippen molar-refractivity contribution in [2.75, 3.05) is 0 Å². The van der Waals surface area contributed by atoms with E-state index < -0.39 is 10.1 Å². The van der Waals surface area contributed by atoms with E-state index in [2.05, 4.69) is 13.8 Å². The summed E-state index contributed by atoms with van der Waals surface area (Å²) in [6.07, 6.45) is 0.467. The summed E-state index contributed by atoms with van der Waals surface area (Å²) in [4.78, 5) is 0.229. The standard InChI is InChI=1S/C15H24O3S/c1-11(2)10-15(12(3)4)18-19(16,17)14-8-6-13(5)7-9-14/h6-9,11-12,15H,10H2,1-5H3. The first-order valence-corrected chi connectivity index (χ1v) is 8.13. The van der Waals surface area contributed by atoms with Gasteiger partial charge < -0.3 is 0 Å². The summed E-state index contributed by atoms with van der Waals surface area (Å²) in [5, 5.41) is 0. The van der Waals surface area contributed by atoms with Crippen LogP contribution < -0.4 is 0 Å². The predicted molar refractivity (Wildman–Crippen MR) is 77.5 cm³/mol. The van der Waals surface area contributed by atoms with E-state index in [9.17, 15) is 8.42 Å². The molecule has 1 atom stereocenters. The minimum Gasteiger partial charge on any atom is -0.263 e. The van der Waals surface area contributed by atoms with Crippen molar-refractivity contribution in [3.63, 3.8) is 0 Å². The minimum absolute atomic E-state index is 0.169. The molecule has 0 aliphatic carbocycles. The van der Waals surface area contributed by atoms with Crippen molar-refractivity contribution in [3.05, 3.63) is 29.8 Å². The molecule has 19 heavy (non-hydrogen) atoms. The Hall–Kier alpha value is -0.870. The van der Waals surface area contributed by atoms with Crippen LogP contribution in [0, 0.1) is 18.8 Å². The Labute approximate surface area is 117 Å². The maximum absolute atomic E-state index is 12.2. The van der Waals surface area contributed by atoms with Gasteiger partial charge in [-0.1, -0.05) is 45.4 Å². The molecule has 0 spiro atoms. The third-order valence-electron chi connectivity index (χ3n) is 3.01. The van der Waals surface area contributed by atoms with Gasteiger partial charge >= 0.3 is 0 Å². The van der Waals surface area contributed by atoms with Crippen molar-refractivity contribution in [2.45, 2.75) is 52.0 Å². The van der Waals surface area contributed by atoms with Gasteiger partial charge in [0.15, 0.2) is 0 Å². The fourth-order valence-corrected chi connectivity index (χ4v) is 3.02. The summed E-state index contributed by atoms with van der Waals surface area (Å²) < 4.78 is 29.8. The molecule has 1 unspecified atom stereocenters. The Morgan fingerprint density at radius 3 is 2.00 bits per heavy atom. The molecule has 0 aromatic heterocycles. The summed E-state index contributed by atoms with van der Waals surface area (Å²) in [5.41, 5.74) is 1.03. The highest BCUT2D eigenvalue weighted by atomic mass is 32.2. The van der Waals surface area contributed by atoms with Gasteiger partial charge in [-0.25, -0.2) is 0 Å². The van der Waals surface area contributed by atoms with Gasteiger partial charge in [0.2, 0.25) is 0 Å². The summed E-state index contributed by atoms with van der Waals surface area (Å²) in [5.74, 6) is 0.572. The summed E-state index contributed by atoms with van der Waals surface area (Å²) in [6.45, 7) is 10.0. The van der Waals surface area contributed by atoms with Crippen molar-refractivity contribution in [3.8, 4) is 0 Å². The number of aryl methyl sites for hydroxylation is 1. The molecule has 3 nitrogen and oxygen atoms in total. The van der Waals surface area contributed by atoms with E-state index in [0.29, 0.717) is 5.92 Å². The molecule has 1 rings (SSSR count). The molecule has 0 heterocycles. The van der Waals surface area contributed by atoms with Crippen LogP contribution >= 0.6 is 0 Å².